The molecule has 1 N–H and O–H groups in total. The van der Waals surface area contributed by atoms with E-state index in [2.05, 4.69) is 4.74 Å². The minimum absolute atomic E-state index is 0.0509. The van der Waals surface area contributed by atoms with Crippen LogP contribution < -0.4 is 4.74 Å². The Bertz CT molecular complexity index is 467. The van der Waals surface area contributed by atoms with Crippen LogP contribution in [0.3, 0.4) is 0 Å². The Morgan fingerprint density at radius 2 is 2.11 bits per heavy atom. The fraction of sp³-hybridized carbons (Fsp3) is 0.462. The maximum atomic E-state index is 12.2. The fourth-order valence-corrected chi connectivity index (χ4v) is 2.28. The predicted molar refractivity (Wildman–Crippen MR) is 61.0 cm³/mol. The summed E-state index contributed by atoms with van der Waals surface area (Å²) in [7, 11) is 0. The van der Waals surface area contributed by atoms with Gasteiger partial charge in [-0.3, -0.25) is 4.79 Å². The lowest BCUT2D eigenvalue weighted by molar-refractivity contribution is -0.147. The van der Waals surface area contributed by atoms with Gasteiger partial charge in [0.25, 0.3) is 0 Å². The summed E-state index contributed by atoms with van der Waals surface area (Å²) < 4.78 is 28.9. The number of hydrogen-bond acceptors (Lipinski definition) is 2. The van der Waals surface area contributed by atoms with Crippen LogP contribution in [0.25, 0.3) is 0 Å². The van der Waals surface area contributed by atoms with E-state index in [1.54, 1.807) is 19.1 Å². The van der Waals surface area contributed by atoms with Crippen molar-refractivity contribution >= 4 is 5.97 Å². The second-order valence-electron chi connectivity index (χ2n) is 4.60. The minimum Gasteiger partial charge on any atom is -0.481 e. The van der Waals surface area contributed by atoms with E-state index in [0.29, 0.717) is 24.0 Å². The van der Waals surface area contributed by atoms with Gasteiger partial charge in [-0.25, -0.2) is 0 Å². The summed E-state index contributed by atoms with van der Waals surface area (Å²) in [6.07, 6.45) is 1.92. The topological polar surface area (TPSA) is 46.5 Å². The number of ether oxygens (including phenoxy) is 1. The van der Waals surface area contributed by atoms with Gasteiger partial charge in [0.15, 0.2) is 0 Å². The number of carboxylic acid groups (broad SMARTS) is 1. The third-order valence-electron chi connectivity index (χ3n) is 3.57. The molecule has 1 aromatic rings. The standard InChI is InChI=1S/C13H14F2O3/c1-8-3-4-9(7-10(8)18-12(14)15)13(11(16)17)5-2-6-13/h3-4,7,12H,2,5-6H2,1H3,(H,16,17). The molecule has 1 aliphatic carbocycles. The highest BCUT2D eigenvalue weighted by atomic mass is 19.3. The number of alkyl halides is 2. The van der Waals surface area contributed by atoms with Crippen molar-refractivity contribution in [2.45, 2.75) is 38.2 Å². The fourth-order valence-electron chi connectivity index (χ4n) is 2.28. The summed E-state index contributed by atoms with van der Waals surface area (Å²) in [5.41, 5.74) is 0.190. The first kappa shape index (κ1) is 12.8. The Kier molecular flexibility index (Phi) is 3.24. The largest absolute Gasteiger partial charge is 0.481 e. The van der Waals surface area contributed by atoms with Gasteiger partial charge in [0.1, 0.15) is 5.75 Å². The van der Waals surface area contributed by atoms with Gasteiger partial charge in [-0.05, 0) is 37.0 Å². The molecule has 0 saturated heterocycles. The molecule has 1 aromatic carbocycles. The number of rotatable bonds is 4. The molecule has 1 saturated carbocycles. The van der Waals surface area contributed by atoms with Crippen LogP contribution in [-0.2, 0) is 10.2 Å². The van der Waals surface area contributed by atoms with E-state index in [4.69, 9.17) is 0 Å². The van der Waals surface area contributed by atoms with Gasteiger partial charge in [0, 0.05) is 0 Å². The van der Waals surface area contributed by atoms with Gasteiger partial charge in [0.2, 0.25) is 0 Å². The summed E-state index contributed by atoms with van der Waals surface area (Å²) in [5.74, 6) is -0.851. The van der Waals surface area contributed by atoms with Gasteiger partial charge >= 0.3 is 12.6 Å². The zero-order valence-corrected chi connectivity index (χ0v) is 9.95. The number of halogens is 2. The summed E-state index contributed by atoms with van der Waals surface area (Å²) in [4.78, 5) is 11.3. The van der Waals surface area contributed by atoms with Crippen molar-refractivity contribution in [3.63, 3.8) is 0 Å². The van der Waals surface area contributed by atoms with E-state index < -0.39 is 18.0 Å². The summed E-state index contributed by atoms with van der Waals surface area (Å²) in [6.45, 7) is -1.25. The first-order valence-corrected chi connectivity index (χ1v) is 5.75. The normalized spacial score (nSPS) is 17.3. The van der Waals surface area contributed by atoms with E-state index in [1.165, 1.54) is 6.07 Å². The van der Waals surface area contributed by atoms with Crippen LogP contribution >= 0.6 is 0 Å². The highest BCUT2D eigenvalue weighted by Gasteiger charge is 2.46. The third kappa shape index (κ3) is 2.05. The van der Waals surface area contributed by atoms with E-state index in [9.17, 15) is 18.7 Å². The van der Waals surface area contributed by atoms with Crippen molar-refractivity contribution in [1.82, 2.24) is 0 Å². The number of aliphatic carboxylic acids is 1. The average Bonchev–Trinajstić information content (AvgIpc) is 2.19. The molecule has 1 aliphatic rings. The Hall–Kier alpha value is -1.65. The molecule has 0 aliphatic heterocycles. The van der Waals surface area contributed by atoms with Gasteiger partial charge in [-0.1, -0.05) is 18.6 Å². The number of hydrogen-bond donors (Lipinski definition) is 1. The van der Waals surface area contributed by atoms with Crippen molar-refractivity contribution in [2.75, 3.05) is 0 Å². The maximum Gasteiger partial charge on any atom is 0.387 e. The van der Waals surface area contributed by atoms with Crippen LogP contribution in [0.5, 0.6) is 5.75 Å². The molecule has 98 valence electrons. The van der Waals surface area contributed by atoms with E-state index in [1.807, 2.05) is 0 Å². The molecule has 0 unspecified atom stereocenters. The number of carbonyl (C=O) groups is 1. The lowest BCUT2D eigenvalue weighted by atomic mass is 9.64. The van der Waals surface area contributed by atoms with Crippen LogP contribution in [0.2, 0.25) is 0 Å². The summed E-state index contributed by atoms with van der Waals surface area (Å²) >= 11 is 0. The summed E-state index contributed by atoms with van der Waals surface area (Å²) in [6, 6.07) is 4.73. The van der Waals surface area contributed by atoms with Gasteiger partial charge < -0.3 is 9.84 Å². The van der Waals surface area contributed by atoms with Crippen molar-refractivity contribution < 1.29 is 23.4 Å². The van der Waals surface area contributed by atoms with Crippen molar-refractivity contribution in [3.05, 3.63) is 29.3 Å². The Balaban J connectivity index is 2.37. The molecule has 0 atom stereocenters. The molecular weight excluding hydrogens is 242 g/mol. The molecule has 1 fully saturated rings. The molecular formula is C13H14F2O3. The molecule has 3 nitrogen and oxygen atoms in total. The molecule has 2 rings (SSSR count). The monoisotopic (exact) mass is 256 g/mol. The van der Waals surface area contributed by atoms with Crippen LogP contribution in [0.15, 0.2) is 18.2 Å². The SMILES string of the molecule is Cc1ccc(C2(C(=O)O)CCC2)cc1OC(F)F. The first-order chi connectivity index (χ1) is 8.45. The van der Waals surface area contributed by atoms with Gasteiger partial charge in [-0.15, -0.1) is 0 Å². The number of aryl methyl sites for hydroxylation is 1. The van der Waals surface area contributed by atoms with Crippen LogP contribution in [0.4, 0.5) is 8.78 Å². The molecule has 0 heterocycles. The molecule has 0 radical (unpaired) electrons. The molecule has 18 heavy (non-hydrogen) atoms. The maximum absolute atomic E-state index is 12.2. The molecule has 0 spiro atoms. The molecule has 0 amide bonds. The van der Waals surface area contributed by atoms with Crippen molar-refractivity contribution in [3.8, 4) is 5.75 Å². The molecule has 0 aromatic heterocycles. The molecule has 0 bridgehead atoms. The van der Waals surface area contributed by atoms with E-state index in [-0.39, 0.29) is 5.75 Å². The Labute approximate surface area is 103 Å². The van der Waals surface area contributed by atoms with Gasteiger partial charge in [-0.2, -0.15) is 8.78 Å². The van der Waals surface area contributed by atoms with E-state index >= 15 is 0 Å². The zero-order valence-electron chi connectivity index (χ0n) is 9.95. The highest BCUT2D eigenvalue weighted by molar-refractivity contribution is 5.82. The first-order valence-electron chi connectivity index (χ1n) is 5.75. The zero-order chi connectivity index (χ0) is 13.3. The van der Waals surface area contributed by atoms with Crippen LogP contribution in [-0.4, -0.2) is 17.7 Å². The smallest absolute Gasteiger partial charge is 0.387 e. The van der Waals surface area contributed by atoms with Gasteiger partial charge in [0.05, 0.1) is 5.41 Å². The highest BCUT2D eigenvalue weighted by Crippen LogP contribution is 2.45. The summed E-state index contributed by atoms with van der Waals surface area (Å²) in [5, 5.41) is 9.29. The Morgan fingerprint density at radius 3 is 2.56 bits per heavy atom. The third-order valence-corrected chi connectivity index (χ3v) is 3.57. The second kappa shape index (κ2) is 4.55. The van der Waals surface area contributed by atoms with Crippen molar-refractivity contribution in [1.29, 1.82) is 0 Å². The Morgan fingerprint density at radius 1 is 1.44 bits per heavy atom. The number of carboxylic acids is 1. The minimum atomic E-state index is -2.90. The second-order valence-corrected chi connectivity index (χ2v) is 4.60. The molecule has 5 heteroatoms. The predicted octanol–water partition coefficient (Wildman–Crippen LogP) is 3.10. The lowest BCUT2D eigenvalue weighted by Gasteiger charge is -2.38. The van der Waals surface area contributed by atoms with Crippen LogP contribution in [0.1, 0.15) is 30.4 Å². The lowest BCUT2D eigenvalue weighted by Crippen LogP contribution is -2.42. The van der Waals surface area contributed by atoms with Crippen LogP contribution in [0, 0.1) is 6.92 Å². The number of benzene rings is 1. The van der Waals surface area contributed by atoms with Crippen molar-refractivity contribution in [2.24, 2.45) is 0 Å². The van der Waals surface area contributed by atoms with E-state index in [0.717, 1.165) is 6.42 Å². The average molecular weight is 256 g/mol. The quantitative estimate of drug-likeness (QED) is 0.900.